The van der Waals surface area contributed by atoms with Gasteiger partial charge >= 0.3 is 6.36 Å². The van der Waals surface area contributed by atoms with E-state index in [0.717, 1.165) is 38.8 Å². The lowest BCUT2D eigenvalue weighted by Crippen LogP contribution is -2.26. The summed E-state index contributed by atoms with van der Waals surface area (Å²) < 4.78 is 39.9. The van der Waals surface area contributed by atoms with Crippen molar-refractivity contribution in [3.8, 4) is 5.75 Å². The standard InChI is InChI=1S/C15H22F3N3O/c1-11(2)9-21-6-5-12(10-21)7-19-14-4-3-13(8-20-14)22-15(16,17)18/h3-4,8,11-12H,5-7,9-10H2,1-2H3,(H,19,20). The van der Waals surface area contributed by atoms with E-state index in [2.05, 4.69) is 33.8 Å². The molecule has 7 heteroatoms. The van der Waals surface area contributed by atoms with Gasteiger partial charge in [0.05, 0.1) is 6.20 Å². The van der Waals surface area contributed by atoms with E-state index in [1.807, 2.05) is 0 Å². The molecule has 2 heterocycles. The summed E-state index contributed by atoms with van der Waals surface area (Å²) in [7, 11) is 0. The predicted molar refractivity (Wildman–Crippen MR) is 78.8 cm³/mol. The Morgan fingerprint density at radius 3 is 2.77 bits per heavy atom. The molecule has 0 amide bonds. The molecule has 1 aliphatic heterocycles. The number of likely N-dealkylation sites (tertiary alicyclic amines) is 1. The number of ether oxygens (including phenoxy) is 1. The van der Waals surface area contributed by atoms with Crippen molar-refractivity contribution >= 4 is 5.82 Å². The van der Waals surface area contributed by atoms with Gasteiger partial charge in [-0.1, -0.05) is 13.8 Å². The monoisotopic (exact) mass is 317 g/mol. The summed E-state index contributed by atoms with van der Waals surface area (Å²) >= 11 is 0. The molecule has 0 aliphatic carbocycles. The number of hydrogen-bond donors (Lipinski definition) is 1. The van der Waals surface area contributed by atoms with Gasteiger partial charge in [-0.2, -0.15) is 0 Å². The number of aromatic nitrogens is 1. The highest BCUT2D eigenvalue weighted by atomic mass is 19.4. The Labute approximate surface area is 128 Å². The van der Waals surface area contributed by atoms with Crippen LogP contribution in [0.2, 0.25) is 0 Å². The molecule has 2 rings (SSSR count). The van der Waals surface area contributed by atoms with Gasteiger partial charge in [0.25, 0.3) is 0 Å². The molecule has 1 N–H and O–H groups in total. The molecule has 0 spiro atoms. The van der Waals surface area contributed by atoms with Gasteiger partial charge in [-0.15, -0.1) is 13.2 Å². The second kappa shape index (κ2) is 7.17. The summed E-state index contributed by atoms with van der Waals surface area (Å²) in [5.41, 5.74) is 0. The van der Waals surface area contributed by atoms with Crippen molar-refractivity contribution in [1.29, 1.82) is 0 Å². The van der Waals surface area contributed by atoms with Gasteiger partial charge in [0.1, 0.15) is 11.6 Å². The lowest BCUT2D eigenvalue weighted by Gasteiger charge is -2.18. The zero-order valence-corrected chi connectivity index (χ0v) is 12.9. The average Bonchev–Trinajstić information content (AvgIpc) is 2.83. The van der Waals surface area contributed by atoms with Crippen LogP contribution in [0.5, 0.6) is 5.75 Å². The van der Waals surface area contributed by atoms with Crippen molar-refractivity contribution < 1.29 is 17.9 Å². The maximum absolute atomic E-state index is 12.1. The highest BCUT2D eigenvalue weighted by molar-refractivity contribution is 5.37. The van der Waals surface area contributed by atoms with Crippen LogP contribution in [0.15, 0.2) is 18.3 Å². The van der Waals surface area contributed by atoms with Crippen LogP contribution in [0.3, 0.4) is 0 Å². The van der Waals surface area contributed by atoms with Gasteiger partial charge in [0.15, 0.2) is 0 Å². The molecule has 22 heavy (non-hydrogen) atoms. The first kappa shape index (κ1) is 16.9. The highest BCUT2D eigenvalue weighted by Crippen LogP contribution is 2.23. The summed E-state index contributed by atoms with van der Waals surface area (Å²) in [4.78, 5) is 6.39. The minimum atomic E-state index is -4.68. The SMILES string of the molecule is CC(C)CN1CCC(CNc2ccc(OC(F)(F)F)cn2)C1. The first-order valence-corrected chi connectivity index (χ1v) is 7.50. The van der Waals surface area contributed by atoms with Crippen LogP contribution in [0.25, 0.3) is 0 Å². The Balaban J connectivity index is 1.76. The summed E-state index contributed by atoms with van der Waals surface area (Å²) in [5, 5.41) is 3.18. The molecular formula is C15H22F3N3O. The van der Waals surface area contributed by atoms with Crippen LogP contribution in [-0.2, 0) is 0 Å². The van der Waals surface area contributed by atoms with Gasteiger partial charge in [-0.3, -0.25) is 0 Å². The van der Waals surface area contributed by atoms with E-state index >= 15 is 0 Å². The zero-order valence-electron chi connectivity index (χ0n) is 12.9. The van der Waals surface area contributed by atoms with E-state index in [4.69, 9.17) is 0 Å². The number of anilines is 1. The fourth-order valence-corrected chi connectivity index (χ4v) is 2.69. The quantitative estimate of drug-likeness (QED) is 0.873. The van der Waals surface area contributed by atoms with Crippen LogP contribution in [0, 0.1) is 11.8 Å². The molecule has 1 aromatic rings. The van der Waals surface area contributed by atoms with Crippen molar-refractivity contribution in [3.63, 3.8) is 0 Å². The molecule has 0 radical (unpaired) electrons. The van der Waals surface area contributed by atoms with Gasteiger partial charge in [0.2, 0.25) is 0 Å². The Kier molecular flexibility index (Phi) is 5.50. The number of halogens is 3. The molecule has 124 valence electrons. The molecule has 1 fully saturated rings. The highest BCUT2D eigenvalue weighted by Gasteiger charge is 2.31. The van der Waals surface area contributed by atoms with E-state index in [1.165, 1.54) is 12.1 Å². The summed E-state index contributed by atoms with van der Waals surface area (Å²) in [6.45, 7) is 8.47. The minimum absolute atomic E-state index is 0.304. The van der Waals surface area contributed by atoms with Crippen molar-refractivity contribution in [3.05, 3.63) is 18.3 Å². The fourth-order valence-electron chi connectivity index (χ4n) is 2.69. The van der Waals surface area contributed by atoms with Gasteiger partial charge in [0, 0.05) is 19.6 Å². The third-order valence-corrected chi connectivity index (χ3v) is 3.54. The lowest BCUT2D eigenvalue weighted by atomic mass is 10.1. The third kappa shape index (κ3) is 5.71. The van der Waals surface area contributed by atoms with E-state index in [1.54, 1.807) is 0 Å². The molecule has 1 atom stereocenters. The molecule has 0 saturated carbocycles. The molecule has 0 bridgehead atoms. The van der Waals surface area contributed by atoms with Crippen LogP contribution in [-0.4, -0.2) is 42.4 Å². The molecule has 1 aromatic heterocycles. The Bertz CT molecular complexity index is 462. The van der Waals surface area contributed by atoms with Crippen molar-refractivity contribution in [2.45, 2.75) is 26.6 Å². The maximum atomic E-state index is 12.1. The number of nitrogens with one attached hydrogen (secondary N) is 1. The maximum Gasteiger partial charge on any atom is 0.573 e. The first-order chi connectivity index (χ1) is 10.3. The van der Waals surface area contributed by atoms with E-state index in [0.29, 0.717) is 17.7 Å². The second-order valence-corrected chi connectivity index (χ2v) is 6.12. The molecule has 1 saturated heterocycles. The molecule has 0 aromatic carbocycles. The normalized spacial score (nSPS) is 19.6. The summed E-state index contributed by atoms with van der Waals surface area (Å²) in [6, 6.07) is 2.77. The van der Waals surface area contributed by atoms with Gasteiger partial charge in [-0.05, 0) is 36.9 Å². The second-order valence-electron chi connectivity index (χ2n) is 6.12. The molecule has 4 nitrogen and oxygen atoms in total. The first-order valence-electron chi connectivity index (χ1n) is 7.50. The Hall–Kier alpha value is -1.50. The molecule has 1 unspecified atom stereocenters. The van der Waals surface area contributed by atoms with Crippen molar-refractivity contribution in [2.75, 3.05) is 31.5 Å². The van der Waals surface area contributed by atoms with Crippen molar-refractivity contribution in [1.82, 2.24) is 9.88 Å². The number of rotatable bonds is 6. The topological polar surface area (TPSA) is 37.4 Å². The van der Waals surface area contributed by atoms with Crippen LogP contribution in [0.1, 0.15) is 20.3 Å². The summed E-state index contributed by atoms with van der Waals surface area (Å²) in [6.07, 6.45) is -2.47. The Morgan fingerprint density at radius 1 is 1.41 bits per heavy atom. The number of nitrogens with zero attached hydrogens (tertiary/aromatic N) is 2. The average molecular weight is 317 g/mol. The van der Waals surface area contributed by atoms with Crippen LogP contribution >= 0.6 is 0 Å². The van der Waals surface area contributed by atoms with Crippen molar-refractivity contribution in [2.24, 2.45) is 11.8 Å². The predicted octanol–water partition coefficient (Wildman–Crippen LogP) is 3.37. The Morgan fingerprint density at radius 2 is 2.18 bits per heavy atom. The minimum Gasteiger partial charge on any atom is -0.404 e. The van der Waals surface area contributed by atoms with E-state index < -0.39 is 6.36 Å². The number of hydrogen-bond acceptors (Lipinski definition) is 4. The van der Waals surface area contributed by atoms with Crippen LogP contribution in [0.4, 0.5) is 19.0 Å². The van der Waals surface area contributed by atoms with E-state index in [9.17, 15) is 13.2 Å². The van der Waals surface area contributed by atoms with Crippen LogP contribution < -0.4 is 10.1 Å². The lowest BCUT2D eigenvalue weighted by molar-refractivity contribution is -0.274. The largest absolute Gasteiger partial charge is 0.573 e. The van der Waals surface area contributed by atoms with Gasteiger partial charge in [-0.25, -0.2) is 4.98 Å². The van der Waals surface area contributed by atoms with E-state index in [-0.39, 0.29) is 5.75 Å². The fraction of sp³-hybridized carbons (Fsp3) is 0.667. The smallest absolute Gasteiger partial charge is 0.404 e. The molecular weight excluding hydrogens is 295 g/mol. The number of alkyl halides is 3. The third-order valence-electron chi connectivity index (χ3n) is 3.54. The zero-order chi connectivity index (χ0) is 16.2. The summed E-state index contributed by atoms with van der Waals surface area (Å²) in [5.74, 6) is 1.47. The molecule has 1 aliphatic rings. The van der Waals surface area contributed by atoms with Gasteiger partial charge < -0.3 is 15.0 Å². The number of pyridine rings is 1.